The average Bonchev–Trinajstić information content (AvgIpc) is 2.17. The lowest BCUT2D eigenvalue weighted by Crippen LogP contribution is -2.53. The van der Waals surface area contributed by atoms with E-state index in [0.717, 1.165) is 32.4 Å². The Kier molecular flexibility index (Phi) is 4.24. The van der Waals surface area contributed by atoms with Gasteiger partial charge in [0.2, 0.25) is 5.91 Å². The van der Waals surface area contributed by atoms with Gasteiger partial charge in [-0.3, -0.25) is 4.79 Å². The summed E-state index contributed by atoms with van der Waals surface area (Å²) in [6, 6.07) is 0.281. The molecule has 1 amide bonds. The van der Waals surface area contributed by atoms with Gasteiger partial charge in [0.15, 0.2) is 0 Å². The minimum absolute atomic E-state index is 0. The molecule has 2 rings (SSSR count). The van der Waals surface area contributed by atoms with E-state index in [4.69, 9.17) is 5.73 Å². The summed E-state index contributed by atoms with van der Waals surface area (Å²) in [5, 5.41) is 0. The molecule has 2 aliphatic rings. The van der Waals surface area contributed by atoms with Gasteiger partial charge >= 0.3 is 0 Å². The molecular formula is C12H23ClN2O. The Bertz CT molecular complexity index is 266. The van der Waals surface area contributed by atoms with Crippen molar-refractivity contribution in [3.05, 3.63) is 0 Å². The van der Waals surface area contributed by atoms with Crippen molar-refractivity contribution < 1.29 is 4.79 Å². The van der Waals surface area contributed by atoms with Gasteiger partial charge in [-0.15, -0.1) is 12.4 Å². The second-order valence-corrected chi connectivity index (χ2v) is 5.60. The lowest BCUT2D eigenvalue weighted by molar-refractivity contribution is -0.148. The van der Waals surface area contributed by atoms with E-state index in [1.54, 1.807) is 0 Å². The Labute approximate surface area is 104 Å². The first-order valence-corrected chi connectivity index (χ1v) is 6.08. The van der Waals surface area contributed by atoms with Crippen molar-refractivity contribution in [2.24, 2.45) is 17.1 Å². The van der Waals surface area contributed by atoms with E-state index >= 15 is 0 Å². The number of hydrogen-bond acceptors (Lipinski definition) is 2. The summed E-state index contributed by atoms with van der Waals surface area (Å²) in [6.07, 6.45) is 4.32. The van der Waals surface area contributed by atoms with Crippen molar-refractivity contribution in [1.29, 1.82) is 0 Å². The molecule has 16 heavy (non-hydrogen) atoms. The van der Waals surface area contributed by atoms with E-state index in [2.05, 4.69) is 13.8 Å². The van der Waals surface area contributed by atoms with E-state index in [1.807, 2.05) is 4.90 Å². The first-order valence-electron chi connectivity index (χ1n) is 6.08. The summed E-state index contributed by atoms with van der Waals surface area (Å²) in [5.74, 6) is 0.818. The highest BCUT2D eigenvalue weighted by Gasteiger charge is 2.42. The van der Waals surface area contributed by atoms with Crippen LogP contribution in [0.1, 0.15) is 39.5 Å². The molecule has 0 spiro atoms. The number of rotatable bonds is 1. The van der Waals surface area contributed by atoms with Gasteiger partial charge < -0.3 is 10.6 Å². The van der Waals surface area contributed by atoms with Gasteiger partial charge in [-0.05, 0) is 25.2 Å². The molecule has 1 aliphatic carbocycles. The predicted octanol–water partition coefficient (Wildman–Crippen LogP) is 1.79. The van der Waals surface area contributed by atoms with Crippen LogP contribution in [0.25, 0.3) is 0 Å². The molecular weight excluding hydrogens is 224 g/mol. The molecule has 0 aromatic carbocycles. The molecule has 2 atom stereocenters. The Hall–Kier alpha value is -0.280. The number of carbonyl (C=O) groups is 1. The smallest absolute Gasteiger partial charge is 0.228 e. The number of carbonyl (C=O) groups excluding carboxylic acids is 1. The van der Waals surface area contributed by atoms with Crippen LogP contribution in [0, 0.1) is 11.3 Å². The maximum Gasteiger partial charge on any atom is 0.228 e. The molecule has 0 aromatic heterocycles. The van der Waals surface area contributed by atoms with E-state index in [0.29, 0.717) is 11.8 Å². The fourth-order valence-electron chi connectivity index (χ4n) is 2.65. The van der Waals surface area contributed by atoms with Crippen molar-refractivity contribution in [2.75, 3.05) is 13.1 Å². The second-order valence-electron chi connectivity index (χ2n) is 5.60. The zero-order valence-electron chi connectivity index (χ0n) is 10.2. The molecule has 2 fully saturated rings. The van der Waals surface area contributed by atoms with Crippen LogP contribution < -0.4 is 5.73 Å². The van der Waals surface area contributed by atoms with Gasteiger partial charge in [0.1, 0.15) is 0 Å². The molecule has 0 radical (unpaired) electrons. The standard InChI is InChI=1S/C12H22N2O.ClH/c1-9-8-14(7-4-10(9)13)11(15)12(2)5-3-6-12;/h9-10H,3-8,13H2,1-2H3;1H. The predicted molar refractivity (Wildman–Crippen MR) is 67.5 cm³/mol. The van der Waals surface area contributed by atoms with Crippen molar-refractivity contribution in [3.8, 4) is 0 Å². The number of piperidine rings is 1. The molecule has 94 valence electrons. The number of halogens is 1. The fourth-order valence-corrected chi connectivity index (χ4v) is 2.65. The van der Waals surface area contributed by atoms with Gasteiger partial charge in [0.05, 0.1) is 0 Å². The van der Waals surface area contributed by atoms with Crippen LogP contribution >= 0.6 is 12.4 Å². The normalized spacial score (nSPS) is 32.6. The fraction of sp³-hybridized carbons (Fsp3) is 0.917. The highest BCUT2D eigenvalue weighted by Crippen LogP contribution is 2.42. The summed E-state index contributed by atoms with van der Waals surface area (Å²) in [5.41, 5.74) is 5.92. The van der Waals surface area contributed by atoms with Crippen molar-refractivity contribution in [3.63, 3.8) is 0 Å². The van der Waals surface area contributed by atoms with Crippen LogP contribution in [-0.2, 0) is 4.79 Å². The third-order valence-electron chi connectivity index (χ3n) is 4.23. The Morgan fingerprint density at radius 1 is 1.44 bits per heavy atom. The zero-order valence-corrected chi connectivity index (χ0v) is 11.1. The number of amides is 1. The summed E-state index contributed by atoms with van der Waals surface area (Å²) < 4.78 is 0. The van der Waals surface area contributed by atoms with Crippen LogP contribution in [0.15, 0.2) is 0 Å². The summed E-state index contributed by atoms with van der Waals surface area (Å²) >= 11 is 0. The van der Waals surface area contributed by atoms with E-state index < -0.39 is 0 Å². The van der Waals surface area contributed by atoms with Crippen LogP contribution in [0.5, 0.6) is 0 Å². The van der Waals surface area contributed by atoms with Gasteiger partial charge in [0.25, 0.3) is 0 Å². The maximum absolute atomic E-state index is 12.2. The molecule has 1 saturated carbocycles. The van der Waals surface area contributed by atoms with Gasteiger partial charge in [-0.25, -0.2) is 0 Å². The minimum Gasteiger partial charge on any atom is -0.342 e. The van der Waals surface area contributed by atoms with E-state index in [1.165, 1.54) is 6.42 Å². The Morgan fingerprint density at radius 3 is 2.50 bits per heavy atom. The molecule has 1 saturated heterocycles. The Morgan fingerprint density at radius 2 is 2.06 bits per heavy atom. The molecule has 1 aliphatic heterocycles. The summed E-state index contributed by atoms with van der Waals surface area (Å²) in [4.78, 5) is 14.3. The summed E-state index contributed by atoms with van der Waals surface area (Å²) in [6.45, 7) is 5.97. The third kappa shape index (κ3) is 2.35. The van der Waals surface area contributed by atoms with Crippen LogP contribution in [0.4, 0.5) is 0 Å². The summed E-state index contributed by atoms with van der Waals surface area (Å²) in [7, 11) is 0. The first-order chi connectivity index (χ1) is 7.03. The SMILES string of the molecule is CC1CN(C(=O)C2(C)CCC2)CCC1N.Cl. The van der Waals surface area contributed by atoms with E-state index in [-0.39, 0.29) is 23.9 Å². The van der Waals surface area contributed by atoms with Gasteiger partial charge in [-0.2, -0.15) is 0 Å². The lowest BCUT2D eigenvalue weighted by atomic mass is 9.69. The number of nitrogens with zero attached hydrogens (tertiary/aromatic N) is 1. The zero-order chi connectivity index (χ0) is 11.1. The van der Waals surface area contributed by atoms with Gasteiger partial charge in [-0.1, -0.05) is 20.3 Å². The average molecular weight is 247 g/mol. The van der Waals surface area contributed by atoms with Crippen molar-refractivity contribution in [1.82, 2.24) is 4.90 Å². The van der Waals surface area contributed by atoms with Crippen molar-refractivity contribution >= 4 is 18.3 Å². The van der Waals surface area contributed by atoms with E-state index in [9.17, 15) is 4.79 Å². The molecule has 3 nitrogen and oxygen atoms in total. The van der Waals surface area contributed by atoms with Crippen molar-refractivity contribution in [2.45, 2.75) is 45.6 Å². The number of nitrogens with two attached hydrogens (primary N) is 1. The quantitative estimate of drug-likeness (QED) is 0.767. The minimum atomic E-state index is -0.0405. The van der Waals surface area contributed by atoms with Crippen LogP contribution in [0.2, 0.25) is 0 Å². The van der Waals surface area contributed by atoms with Crippen LogP contribution in [-0.4, -0.2) is 29.9 Å². The monoisotopic (exact) mass is 246 g/mol. The molecule has 4 heteroatoms. The molecule has 0 aromatic rings. The lowest BCUT2D eigenvalue weighted by Gasteiger charge is -2.44. The number of likely N-dealkylation sites (tertiary alicyclic amines) is 1. The largest absolute Gasteiger partial charge is 0.342 e. The molecule has 1 heterocycles. The van der Waals surface area contributed by atoms with Crippen LogP contribution in [0.3, 0.4) is 0 Å². The molecule has 2 N–H and O–H groups in total. The number of hydrogen-bond donors (Lipinski definition) is 1. The second kappa shape index (κ2) is 4.92. The molecule has 2 unspecified atom stereocenters. The maximum atomic E-state index is 12.2. The Balaban J connectivity index is 0.00000128. The van der Waals surface area contributed by atoms with Gasteiger partial charge in [0, 0.05) is 24.5 Å². The highest BCUT2D eigenvalue weighted by molar-refractivity contribution is 5.85. The third-order valence-corrected chi connectivity index (χ3v) is 4.23. The first kappa shape index (κ1) is 13.8. The highest BCUT2D eigenvalue weighted by atomic mass is 35.5. The topological polar surface area (TPSA) is 46.3 Å². The molecule has 0 bridgehead atoms.